The minimum absolute atomic E-state index is 0.0904. The highest BCUT2D eigenvalue weighted by molar-refractivity contribution is 6.05. The second-order valence-electron chi connectivity index (χ2n) is 27.4. The Morgan fingerprint density at radius 3 is 0.880 bits per heavy atom. The molecule has 0 radical (unpaired) electrons. The van der Waals surface area contributed by atoms with Crippen molar-refractivity contribution in [2.75, 3.05) is 54.9 Å². The number of amides is 4. The summed E-state index contributed by atoms with van der Waals surface area (Å²) in [7, 11) is 8.54. The van der Waals surface area contributed by atoms with Crippen molar-refractivity contribution in [2.45, 2.75) is 48.5 Å². The van der Waals surface area contributed by atoms with E-state index in [0.717, 1.165) is 162 Å². The van der Waals surface area contributed by atoms with Gasteiger partial charge in [0.2, 0.25) is 29.5 Å². The fourth-order valence-electron chi connectivity index (χ4n) is 13.1. The number of fused-ring (bicyclic) bond motifs is 4. The molecule has 582 valence electrons. The van der Waals surface area contributed by atoms with Gasteiger partial charge in [-0.15, -0.1) is 0 Å². The van der Waals surface area contributed by atoms with Crippen LogP contribution in [0.1, 0.15) is 44.6 Å². The summed E-state index contributed by atoms with van der Waals surface area (Å²) in [6.45, 7) is 13.3. The van der Waals surface area contributed by atoms with E-state index < -0.39 is 0 Å². The number of allylic oxidation sites excluding steroid dienone is 4. The standard InChI is InChI=1S/C24H22N4O.C23H21N5O2.2C23H21N5O/c1-4-6-23(29)28(3)20-10-18(12-25-14-20)19-11-21-22(15-27-24(21)26-13-19)17-8-5-7-16(2)9-17;1-4-5-22(29)28(2)18-8-16(11-24-13-18)17-9-19-20(14-27-23(19)26-12-17)15-6-7-25-21(10-15)30-3;2*1-4-5-22(29)28(3)19-9-17(11-24-13-19)18-10-20-21(14-27-23(20)26-12-18)16-6-7-25-15(2)8-16/h4-15H,1-3H3,(H,26,27);4-14H,1-3H3,(H,26,27);2*4-14H,1-3H3,(H,26,27)/b6-4+;3*5-4+. The fourth-order valence-corrected chi connectivity index (χ4v) is 13.1. The van der Waals surface area contributed by atoms with Gasteiger partial charge in [0, 0.05) is 227 Å². The highest BCUT2D eigenvalue weighted by atomic mass is 16.5. The van der Waals surface area contributed by atoms with Gasteiger partial charge in [0.05, 0.1) is 54.6 Å². The number of nitrogens with zero attached hydrogens (tertiary/aromatic N) is 15. The van der Waals surface area contributed by atoms with E-state index in [9.17, 15) is 19.2 Å². The van der Waals surface area contributed by atoms with Gasteiger partial charge in [0.1, 0.15) is 22.6 Å². The van der Waals surface area contributed by atoms with Gasteiger partial charge < -0.3 is 44.3 Å². The molecule has 16 rings (SSSR count). The largest absolute Gasteiger partial charge is 0.481 e. The van der Waals surface area contributed by atoms with Crippen molar-refractivity contribution < 1.29 is 23.9 Å². The summed E-state index contributed by atoms with van der Waals surface area (Å²) in [6, 6.07) is 36.5. The number of carbonyl (C=O) groups is 4. The summed E-state index contributed by atoms with van der Waals surface area (Å²) in [5, 5.41) is 4.08. The lowest BCUT2D eigenvalue weighted by Crippen LogP contribution is -2.24. The van der Waals surface area contributed by atoms with Crippen LogP contribution >= 0.6 is 0 Å². The Balaban J connectivity index is 0.000000135. The number of H-pyrrole nitrogens is 4. The first-order valence-electron chi connectivity index (χ1n) is 37.6. The van der Waals surface area contributed by atoms with Crippen molar-refractivity contribution in [3.8, 4) is 94.9 Å². The second kappa shape index (κ2) is 36.4. The van der Waals surface area contributed by atoms with Crippen LogP contribution in [-0.2, 0) is 19.2 Å². The number of hydrogen-bond donors (Lipinski definition) is 4. The molecule has 15 heterocycles. The summed E-state index contributed by atoms with van der Waals surface area (Å²) in [5.74, 6) is 0.163. The van der Waals surface area contributed by atoms with Crippen molar-refractivity contribution >= 4 is 90.5 Å². The molecule has 0 aliphatic rings. The molecule has 0 unspecified atom stereocenters. The van der Waals surface area contributed by atoms with Crippen molar-refractivity contribution in [1.29, 1.82) is 0 Å². The van der Waals surface area contributed by atoms with E-state index in [0.29, 0.717) is 11.6 Å². The van der Waals surface area contributed by atoms with Gasteiger partial charge in [-0.25, -0.2) is 24.9 Å². The van der Waals surface area contributed by atoms with Crippen LogP contribution < -0.4 is 24.3 Å². The Labute approximate surface area is 676 Å². The van der Waals surface area contributed by atoms with Gasteiger partial charge in [0.15, 0.2) is 0 Å². The molecule has 0 aliphatic carbocycles. The molecule has 15 aromatic heterocycles. The molecule has 117 heavy (non-hydrogen) atoms. The summed E-state index contributed by atoms with van der Waals surface area (Å²) in [4.78, 5) is 116. The van der Waals surface area contributed by atoms with Gasteiger partial charge in [-0.05, 0) is 174 Å². The number of anilines is 4. The van der Waals surface area contributed by atoms with E-state index in [-0.39, 0.29) is 23.6 Å². The normalized spacial score (nSPS) is 11.2. The van der Waals surface area contributed by atoms with Crippen LogP contribution in [0.25, 0.3) is 133 Å². The number of rotatable bonds is 17. The average Bonchev–Trinajstić information content (AvgIpc) is 1.69. The molecule has 16 aromatic rings. The molecule has 0 atom stereocenters. The molecule has 0 bridgehead atoms. The van der Waals surface area contributed by atoms with Gasteiger partial charge in [-0.1, -0.05) is 54.1 Å². The Kier molecular flexibility index (Phi) is 24.8. The quantitative estimate of drug-likeness (QED) is 0.0616. The monoisotopic (exact) mass is 1550 g/mol. The fraction of sp³-hybridized carbons (Fsp3) is 0.129. The van der Waals surface area contributed by atoms with Crippen LogP contribution in [0.5, 0.6) is 5.88 Å². The maximum atomic E-state index is 12.2. The number of likely N-dealkylation sites (N-methyl/N-ethyl adjacent to an activating group) is 4. The van der Waals surface area contributed by atoms with Gasteiger partial charge in [-0.3, -0.25) is 49.1 Å². The number of aryl methyl sites for hydroxylation is 3. The molecular formula is C93H85N19O5. The maximum absolute atomic E-state index is 12.2. The lowest BCUT2D eigenvalue weighted by atomic mass is 10.0. The molecule has 0 saturated carbocycles. The number of ether oxygens (including phenoxy) is 1. The van der Waals surface area contributed by atoms with Crippen LogP contribution in [0.2, 0.25) is 0 Å². The zero-order valence-corrected chi connectivity index (χ0v) is 66.7. The van der Waals surface area contributed by atoms with E-state index in [2.05, 4.69) is 142 Å². The summed E-state index contributed by atoms with van der Waals surface area (Å²) < 4.78 is 5.25. The van der Waals surface area contributed by atoms with Crippen LogP contribution in [0.4, 0.5) is 22.7 Å². The maximum Gasteiger partial charge on any atom is 0.250 e. The molecule has 4 N–H and O–H groups in total. The molecular weight excluding hydrogens is 1460 g/mol. The predicted octanol–water partition coefficient (Wildman–Crippen LogP) is 18.4. The number of hydrogen-bond acceptors (Lipinski definition) is 16. The van der Waals surface area contributed by atoms with E-state index in [1.54, 1.807) is 141 Å². The van der Waals surface area contributed by atoms with Crippen molar-refractivity contribution in [2.24, 2.45) is 0 Å². The number of aromatic nitrogens is 15. The Morgan fingerprint density at radius 2 is 0.598 bits per heavy atom. The third kappa shape index (κ3) is 18.4. The highest BCUT2D eigenvalue weighted by Gasteiger charge is 2.19. The van der Waals surface area contributed by atoms with E-state index in [4.69, 9.17) is 4.74 Å². The smallest absolute Gasteiger partial charge is 0.250 e. The SMILES string of the molecule is C/C=C/C(=O)N(C)c1cncc(-c2cnc3[nH]cc(-c4cccc(C)c4)c3c2)c1.C/C=C/C(=O)N(C)c1cncc(-c2cnc3[nH]cc(-c4ccnc(C)c4)c3c2)c1.C/C=C/C(=O)N(C)c1cncc(-c2cnc3[nH]cc(-c4ccnc(C)c4)c3c2)c1.C/C=C/C(=O)N(C)c1cncc(-c2cnc3[nH]cc(-c4ccnc(OC)c4)c3c2)c1. The number of carbonyl (C=O) groups excluding carboxylic acids is 4. The van der Waals surface area contributed by atoms with Crippen LogP contribution in [0.15, 0.2) is 276 Å². The number of benzene rings is 1. The summed E-state index contributed by atoms with van der Waals surface area (Å²) >= 11 is 0. The molecule has 0 aliphatic heterocycles. The molecule has 24 heteroatoms. The van der Waals surface area contributed by atoms with E-state index in [1.807, 2.05) is 146 Å². The zero-order chi connectivity index (χ0) is 82.2. The van der Waals surface area contributed by atoms with Crippen molar-refractivity contribution in [1.82, 2.24) is 74.8 Å². The first-order valence-corrected chi connectivity index (χ1v) is 37.6. The lowest BCUT2D eigenvalue weighted by molar-refractivity contribution is -0.114. The Hall–Kier alpha value is -15.3. The first kappa shape index (κ1) is 79.7. The molecule has 0 fully saturated rings. The van der Waals surface area contributed by atoms with Crippen LogP contribution in [0.3, 0.4) is 0 Å². The highest BCUT2D eigenvalue weighted by Crippen LogP contribution is 2.38. The predicted molar refractivity (Wildman–Crippen MR) is 466 cm³/mol. The Morgan fingerprint density at radius 1 is 0.316 bits per heavy atom. The van der Waals surface area contributed by atoms with Gasteiger partial charge in [-0.2, -0.15) is 0 Å². The van der Waals surface area contributed by atoms with Crippen LogP contribution in [-0.4, -0.2) is 134 Å². The molecule has 24 nitrogen and oxygen atoms in total. The minimum Gasteiger partial charge on any atom is -0.481 e. The number of methoxy groups -OCH3 is 1. The minimum atomic E-state index is -0.107. The van der Waals surface area contributed by atoms with E-state index >= 15 is 0 Å². The second-order valence-corrected chi connectivity index (χ2v) is 27.4. The molecule has 1 aromatic carbocycles. The molecule has 0 spiro atoms. The van der Waals surface area contributed by atoms with Crippen LogP contribution in [0, 0.1) is 20.8 Å². The third-order valence-electron chi connectivity index (χ3n) is 19.5. The number of nitrogens with one attached hydrogen (secondary N) is 4. The zero-order valence-electron chi connectivity index (χ0n) is 66.7. The number of pyridine rings is 11. The number of aromatic amines is 4. The first-order chi connectivity index (χ1) is 56.8. The van der Waals surface area contributed by atoms with Crippen molar-refractivity contribution in [3.05, 3.63) is 292 Å². The topological polar surface area (TPSA) is 295 Å². The van der Waals surface area contributed by atoms with E-state index in [1.165, 1.54) is 29.9 Å². The Bertz CT molecular complexity index is 6010. The average molecular weight is 1550 g/mol. The van der Waals surface area contributed by atoms with Crippen molar-refractivity contribution in [3.63, 3.8) is 0 Å². The van der Waals surface area contributed by atoms with Gasteiger partial charge in [0.25, 0.3) is 0 Å². The molecule has 0 saturated heterocycles. The summed E-state index contributed by atoms with van der Waals surface area (Å²) in [5.41, 5.74) is 25.2. The molecule has 4 amide bonds. The summed E-state index contributed by atoms with van der Waals surface area (Å²) in [6.07, 6.45) is 47.3. The lowest BCUT2D eigenvalue weighted by Gasteiger charge is -2.15. The third-order valence-corrected chi connectivity index (χ3v) is 19.5. The van der Waals surface area contributed by atoms with Gasteiger partial charge >= 0.3 is 0 Å².